The molecule has 0 spiro atoms. The van der Waals surface area contributed by atoms with Crippen molar-refractivity contribution in [2.75, 3.05) is 6.54 Å². The van der Waals surface area contributed by atoms with Gasteiger partial charge in [0.05, 0.1) is 17.6 Å². The first-order chi connectivity index (χ1) is 9.29. The molecular formula is C15H16N4. The second-order valence-corrected chi connectivity index (χ2v) is 4.60. The number of fused-ring (bicyclic) bond motifs is 1. The number of aromatic amines is 1. The normalized spacial score (nSPS) is 11.1. The number of para-hydroxylation sites is 1. The summed E-state index contributed by atoms with van der Waals surface area (Å²) in [6, 6.07) is 8.24. The van der Waals surface area contributed by atoms with E-state index in [0.717, 1.165) is 34.6 Å². The summed E-state index contributed by atoms with van der Waals surface area (Å²) in [6.45, 7) is 2.66. The minimum absolute atomic E-state index is 0.597. The molecule has 0 radical (unpaired) electrons. The van der Waals surface area contributed by atoms with Gasteiger partial charge in [-0.3, -0.25) is 9.97 Å². The number of nitrogens with one attached hydrogen (secondary N) is 1. The van der Waals surface area contributed by atoms with Gasteiger partial charge in [-0.25, -0.2) is 0 Å². The minimum atomic E-state index is 0.597. The van der Waals surface area contributed by atoms with Gasteiger partial charge in [0, 0.05) is 34.8 Å². The Morgan fingerprint density at radius 2 is 2.00 bits per heavy atom. The molecule has 96 valence electrons. The number of hydrogen-bond acceptors (Lipinski definition) is 3. The first-order valence-corrected chi connectivity index (χ1v) is 6.38. The summed E-state index contributed by atoms with van der Waals surface area (Å²) >= 11 is 0. The third-order valence-electron chi connectivity index (χ3n) is 3.26. The molecule has 0 atom stereocenters. The van der Waals surface area contributed by atoms with Gasteiger partial charge in [0.1, 0.15) is 0 Å². The van der Waals surface area contributed by atoms with Gasteiger partial charge in [-0.2, -0.15) is 0 Å². The highest BCUT2D eigenvalue weighted by Crippen LogP contribution is 2.30. The van der Waals surface area contributed by atoms with E-state index in [1.54, 1.807) is 0 Å². The summed E-state index contributed by atoms with van der Waals surface area (Å²) in [4.78, 5) is 12.3. The van der Waals surface area contributed by atoms with Crippen LogP contribution < -0.4 is 5.73 Å². The van der Waals surface area contributed by atoms with E-state index in [-0.39, 0.29) is 0 Å². The van der Waals surface area contributed by atoms with Crippen LogP contribution in [-0.4, -0.2) is 21.5 Å². The number of aryl methyl sites for hydroxylation is 1. The zero-order valence-corrected chi connectivity index (χ0v) is 10.9. The topological polar surface area (TPSA) is 67.6 Å². The van der Waals surface area contributed by atoms with Crippen LogP contribution in [0.2, 0.25) is 0 Å². The molecule has 0 amide bonds. The van der Waals surface area contributed by atoms with E-state index in [1.807, 2.05) is 24.5 Å². The predicted molar refractivity (Wildman–Crippen MR) is 76.8 cm³/mol. The van der Waals surface area contributed by atoms with Crippen LogP contribution in [0, 0.1) is 6.92 Å². The second kappa shape index (κ2) is 4.82. The van der Waals surface area contributed by atoms with Crippen molar-refractivity contribution in [1.29, 1.82) is 0 Å². The molecule has 0 saturated carbocycles. The van der Waals surface area contributed by atoms with E-state index < -0.39 is 0 Å². The Labute approximate surface area is 111 Å². The number of rotatable bonds is 3. The third-order valence-corrected chi connectivity index (χ3v) is 3.26. The summed E-state index contributed by atoms with van der Waals surface area (Å²) < 4.78 is 0. The van der Waals surface area contributed by atoms with Gasteiger partial charge in [0.25, 0.3) is 0 Å². The molecule has 0 aliphatic heterocycles. The predicted octanol–water partition coefficient (Wildman–Crippen LogP) is 2.43. The van der Waals surface area contributed by atoms with Crippen molar-refractivity contribution >= 4 is 10.9 Å². The molecule has 0 aliphatic carbocycles. The van der Waals surface area contributed by atoms with Crippen molar-refractivity contribution in [3.8, 4) is 11.3 Å². The lowest BCUT2D eigenvalue weighted by atomic mass is 10.1. The van der Waals surface area contributed by atoms with Crippen LogP contribution >= 0.6 is 0 Å². The van der Waals surface area contributed by atoms with Gasteiger partial charge in [-0.05, 0) is 19.5 Å². The third kappa shape index (κ3) is 2.11. The minimum Gasteiger partial charge on any atom is -0.358 e. The number of nitrogens with two attached hydrogens (primary N) is 1. The fourth-order valence-corrected chi connectivity index (χ4v) is 2.37. The Morgan fingerprint density at radius 1 is 1.16 bits per heavy atom. The number of H-pyrrole nitrogens is 1. The molecule has 4 heteroatoms. The molecule has 0 fully saturated rings. The van der Waals surface area contributed by atoms with Crippen LogP contribution in [0.5, 0.6) is 0 Å². The lowest BCUT2D eigenvalue weighted by Gasteiger charge is -2.02. The van der Waals surface area contributed by atoms with Crippen molar-refractivity contribution in [1.82, 2.24) is 15.0 Å². The monoisotopic (exact) mass is 252 g/mol. The van der Waals surface area contributed by atoms with Crippen LogP contribution in [0.15, 0.2) is 36.7 Å². The molecular weight excluding hydrogens is 236 g/mol. The van der Waals surface area contributed by atoms with Crippen molar-refractivity contribution in [2.24, 2.45) is 5.73 Å². The Hall–Kier alpha value is -2.20. The van der Waals surface area contributed by atoms with E-state index in [9.17, 15) is 0 Å². The maximum Gasteiger partial charge on any atom is 0.0909 e. The highest BCUT2D eigenvalue weighted by molar-refractivity contribution is 5.96. The maximum atomic E-state index is 5.52. The van der Waals surface area contributed by atoms with Gasteiger partial charge >= 0.3 is 0 Å². The first kappa shape index (κ1) is 11.9. The van der Waals surface area contributed by atoms with E-state index in [2.05, 4.69) is 34.0 Å². The number of benzene rings is 1. The van der Waals surface area contributed by atoms with Crippen LogP contribution in [0.25, 0.3) is 22.2 Å². The SMILES string of the molecule is Cc1[nH]c2ccccc2c1-c1cnc(CCN)cn1. The van der Waals surface area contributed by atoms with Crippen molar-refractivity contribution < 1.29 is 0 Å². The summed E-state index contributed by atoms with van der Waals surface area (Å²) in [5, 5.41) is 1.18. The van der Waals surface area contributed by atoms with E-state index in [1.165, 1.54) is 5.39 Å². The van der Waals surface area contributed by atoms with E-state index in [0.29, 0.717) is 6.54 Å². The molecule has 0 saturated heterocycles. The fraction of sp³-hybridized carbons (Fsp3) is 0.200. The summed E-state index contributed by atoms with van der Waals surface area (Å²) in [5.41, 5.74) is 10.7. The smallest absolute Gasteiger partial charge is 0.0909 e. The lowest BCUT2D eigenvalue weighted by molar-refractivity contribution is 0.909. The summed E-state index contributed by atoms with van der Waals surface area (Å²) in [5.74, 6) is 0. The highest BCUT2D eigenvalue weighted by Gasteiger charge is 2.11. The van der Waals surface area contributed by atoms with E-state index in [4.69, 9.17) is 5.73 Å². The molecule has 0 aliphatic rings. The van der Waals surface area contributed by atoms with Gasteiger partial charge < -0.3 is 10.7 Å². The molecule has 3 rings (SSSR count). The Balaban J connectivity index is 2.10. The maximum absolute atomic E-state index is 5.52. The highest BCUT2D eigenvalue weighted by atomic mass is 14.8. The zero-order valence-electron chi connectivity index (χ0n) is 10.9. The van der Waals surface area contributed by atoms with Crippen LogP contribution in [-0.2, 0) is 6.42 Å². The lowest BCUT2D eigenvalue weighted by Crippen LogP contribution is -2.04. The first-order valence-electron chi connectivity index (χ1n) is 6.38. The molecule has 2 aromatic heterocycles. The number of hydrogen-bond donors (Lipinski definition) is 2. The van der Waals surface area contributed by atoms with Crippen LogP contribution in [0.4, 0.5) is 0 Å². The molecule has 3 aromatic rings. The molecule has 4 nitrogen and oxygen atoms in total. The second-order valence-electron chi connectivity index (χ2n) is 4.60. The number of aromatic nitrogens is 3. The molecule has 19 heavy (non-hydrogen) atoms. The average Bonchev–Trinajstić information content (AvgIpc) is 2.76. The number of nitrogens with zero attached hydrogens (tertiary/aromatic N) is 2. The Morgan fingerprint density at radius 3 is 2.74 bits per heavy atom. The zero-order chi connectivity index (χ0) is 13.2. The van der Waals surface area contributed by atoms with Crippen LogP contribution in [0.1, 0.15) is 11.4 Å². The Kier molecular flexibility index (Phi) is 3.01. The van der Waals surface area contributed by atoms with Crippen molar-refractivity contribution in [3.63, 3.8) is 0 Å². The van der Waals surface area contributed by atoms with Crippen LogP contribution in [0.3, 0.4) is 0 Å². The molecule has 0 bridgehead atoms. The quantitative estimate of drug-likeness (QED) is 0.752. The fourth-order valence-electron chi connectivity index (χ4n) is 2.37. The molecule has 1 aromatic carbocycles. The van der Waals surface area contributed by atoms with Gasteiger partial charge in [-0.15, -0.1) is 0 Å². The van der Waals surface area contributed by atoms with Gasteiger partial charge in [0.2, 0.25) is 0 Å². The molecule has 0 unspecified atom stereocenters. The standard InChI is InChI=1S/C15H16N4/c1-10-15(12-4-2-3-5-13(12)19-10)14-9-17-11(6-7-16)8-18-14/h2-5,8-9,19H,6-7,16H2,1H3. The average molecular weight is 252 g/mol. The summed E-state index contributed by atoms with van der Waals surface area (Å²) in [7, 11) is 0. The van der Waals surface area contributed by atoms with Gasteiger partial charge in [0.15, 0.2) is 0 Å². The van der Waals surface area contributed by atoms with Crippen molar-refractivity contribution in [3.05, 3.63) is 48.0 Å². The molecule has 2 heterocycles. The van der Waals surface area contributed by atoms with Gasteiger partial charge in [-0.1, -0.05) is 18.2 Å². The van der Waals surface area contributed by atoms with Crippen molar-refractivity contribution in [2.45, 2.75) is 13.3 Å². The summed E-state index contributed by atoms with van der Waals surface area (Å²) in [6.07, 6.45) is 4.40. The largest absolute Gasteiger partial charge is 0.358 e. The van der Waals surface area contributed by atoms with E-state index >= 15 is 0 Å². The molecule has 3 N–H and O–H groups in total. The Bertz CT molecular complexity index is 698.